The van der Waals surface area contributed by atoms with Gasteiger partial charge in [0.2, 0.25) is 5.12 Å². The van der Waals surface area contributed by atoms with Gasteiger partial charge in [-0.25, -0.2) is 4.98 Å². The van der Waals surface area contributed by atoms with Gasteiger partial charge in [-0.2, -0.15) is 4.98 Å². The lowest BCUT2D eigenvalue weighted by atomic mass is 9.80. The van der Waals surface area contributed by atoms with Crippen LogP contribution in [0.4, 0.5) is 5.82 Å². The molecule has 0 spiro atoms. The fourth-order valence-corrected chi connectivity index (χ4v) is 7.44. The number of methoxy groups -OCH3 is 2. The van der Waals surface area contributed by atoms with Crippen molar-refractivity contribution in [1.82, 2.24) is 9.97 Å². The Labute approximate surface area is 323 Å². The lowest BCUT2D eigenvalue weighted by Crippen LogP contribution is -2.39. The van der Waals surface area contributed by atoms with Gasteiger partial charge in [-0.3, -0.25) is 9.59 Å². The van der Waals surface area contributed by atoms with Gasteiger partial charge in [0.15, 0.2) is 0 Å². The first-order valence-electron chi connectivity index (χ1n) is 17.7. The van der Waals surface area contributed by atoms with Crippen LogP contribution in [-0.4, -0.2) is 59.5 Å². The summed E-state index contributed by atoms with van der Waals surface area (Å²) in [6.45, 7) is 0.0542. The molecule has 278 valence electrons. The second-order valence-electron chi connectivity index (χ2n) is 12.6. The molecule has 0 unspecified atom stereocenters. The Hall–Kier alpha value is -6.01. The topological polar surface area (TPSA) is 118 Å². The number of amides is 1. The van der Waals surface area contributed by atoms with Crippen LogP contribution >= 0.6 is 11.8 Å². The molecule has 5 aromatic carbocycles. The average Bonchev–Trinajstić information content (AvgIpc) is 3.62. The lowest BCUT2D eigenvalue weighted by Gasteiger charge is -2.37. The number of carbonyl (C=O) groups is 2. The van der Waals surface area contributed by atoms with Crippen LogP contribution in [0.3, 0.4) is 0 Å². The number of benzene rings is 5. The second kappa shape index (κ2) is 17.4. The molecule has 2 heterocycles. The fraction of sp³-hybridized carbons (Fsp3) is 0.182. The third-order valence-electron chi connectivity index (χ3n) is 9.22. The Bertz CT molecular complexity index is 2130. The van der Waals surface area contributed by atoms with Crippen molar-refractivity contribution in [3.05, 3.63) is 180 Å². The maximum absolute atomic E-state index is 13.3. The minimum absolute atomic E-state index is 0.0455. The van der Waals surface area contributed by atoms with Crippen molar-refractivity contribution in [3.63, 3.8) is 0 Å². The predicted octanol–water partition coefficient (Wildman–Crippen LogP) is 8.19. The molecular formula is C44H39N3O7S. The monoisotopic (exact) mass is 753 g/mol. The molecule has 0 bridgehead atoms. The van der Waals surface area contributed by atoms with Crippen molar-refractivity contribution >= 4 is 28.6 Å². The third-order valence-corrected chi connectivity index (χ3v) is 10.2. The number of nitrogens with zero attached hydrogens (tertiary/aromatic N) is 2. The molecule has 0 radical (unpaired) electrons. The molecule has 1 fully saturated rings. The van der Waals surface area contributed by atoms with Gasteiger partial charge >= 0.3 is 6.01 Å². The van der Waals surface area contributed by atoms with Crippen LogP contribution in [0.1, 0.15) is 43.8 Å². The molecule has 1 aliphatic heterocycles. The smallest absolute Gasteiger partial charge is 0.318 e. The van der Waals surface area contributed by atoms with Gasteiger partial charge in [0.25, 0.3) is 5.91 Å². The van der Waals surface area contributed by atoms with Crippen molar-refractivity contribution in [2.24, 2.45) is 0 Å². The predicted molar refractivity (Wildman–Crippen MR) is 211 cm³/mol. The normalized spacial score (nSPS) is 16.6. The summed E-state index contributed by atoms with van der Waals surface area (Å²) in [6, 6.07) is 45.1. The molecule has 10 nitrogen and oxygen atoms in total. The second-order valence-corrected chi connectivity index (χ2v) is 13.8. The van der Waals surface area contributed by atoms with E-state index >= 15 is 0 Å². The number of ether oxygens (including phenoxy) is 5. The van der Waals surface area contributed by atoms with Crippen molar-refractivity contribution < 1.29 is 33.3 Å². The van der Waals surface area contributed by atoms with Crippen LogP contribution < -0.4 is 19.5 Å². The molecule has 55 heavy (non-hydrogen) atoms. The Kier molecular flexibility index (Phi) is 11.8. The van der Waals surface area contributed by atoms with E-state index in [1.54, 1.807) is 56.7 Å². The van der Waals surface area contributed by atoms with E-state index in [0.29, 0.717) is 29.0 Å². The van der Waals surface area contributed by atoms with Crippen LogP contribution in [0.25, 0.3) is 0 Å². The van der Waals surface area contributed by atoms with Gasteiger partial charge in [-0.15, -0.1) is 0 Å². The van der Waals surface area contributed by atoms with Crippen molar-refractivity contribution in [2.75, 3.05) is 26.1 Å². The SMILES string of the molecule is COc1ccc(C(OC[C@H]2O[C@H](SC(=O)c3ccccc3)C[C@H]2Oc2nccc(NC(=O)c3ccccc3)n2)(c2ccccc2)c2ccc(OC)cc2)cc1. The molecule has 1 aromatic heterocycles. The Morgan fingerprint density at radius 3 is 1.85 bits per heavy atom. The first kappa shape index (κ1) is 37.3. The number of carbonyl (C=O) groups excluding carboxylic acids is 2. The quantitative estimate of drug-likeness (QED) is 0.109. The zero-order valence-electron chi connectivity index (χ0n) is 30.2. The Morgan fingerprint density at radius 1 is 0.727 bits per heavy atom. The van der Waals surface area contributed by atoms with Crippen LogP contribution in [0.5, 0.6) is 17.5 Å². The molecule has 1 amide bonds. The first-order chi connectivity index (χ1) is 26.9. The van der Waals surface area contributed by atoms with E-state index in [-0.39, 0.29) is 29.5 Å². The van der Waals surface area contributed by atoms with Gasteiger partial charge in [-0.1, -0.05) is 115 Å². The van der Waals surface area contributed by atoms with E-state index in [1.807, 2.05) is 103 Å². The number of anilines is 1. The van der Waals surface area contributed by atoms with Gasteiger partial charge in [-0.05, 0) is 59.2 Å². The zero-order chi connectivity index (χ0) is 38.0. The number of hydrogen-bond acceptors (Lipinski definition) is 10. The summed E-state index contributed by atoms with van der Waals surface area (Å²) < 4.78 is 31.2. The third kappa shape index (κ3) is 8.70. The van der Waals surface area contributed by atoms with Crippen LogP contribution in [0, 0.1) is 0 Å². The summed E-state index contributed by atoms with van der Waals surface area (Å²) in [5.74, 6) is 1.38. The number of thioether (sulfide) groups is 1. The van der Waals surface area contributed by atoms with Gasteiger partial charge in [0.1, 0.15) is 40.6 Å². The van der Waals surface area contributed by atoms with Crippen LogP contribution in [0.2, 0.25) is 0 Å². The molecular weight excluding hydrogens is 715 g/mol. The zero-order valence-corrected chi connectivity index (χ0v) is 31.1. The summed E-state index contributed by atoms with van der Waals surface area (Å²) in [7, 11) is 3.26. The lowest BCUT2D eigenvalue weighted by molar-refractivity contribution is -0.0700. The average molecular weight is 754 g/mol. The Balaban J connectivity index is 1.21. The first-order valence-corrected chi connectivity index (χ1v) is 18.6. The van der Waals surface area contributed by atoms with Crippen molar-refractivity contribution in [3.8, 4) is 17.5 Å². The maximum atomic E-state index is 13.3. The summed E-state index contributed by atoms with van der Waals surface area (Å²) in [5, 5.41) is 2.69. The van der Waals surface area contributed by atoms with E-state index in [4.69, 9.17) is 23.7 Å². The highest BCUT2D eigenvalue weighted by Gasteiger charge is 2.44. The summed E-state index contributed by atoms with van der Waals surface area (Å²) in [4.78, 5) is 35.1. The number of rotatable bonds is 14. The molecule has 1 N–H and O–H groups in total. The van der Waals surface area contributed by atoms with E-state index in [2.05, 4.69) is 15.3 Å². The Morgan fingerprint density at radius 2 is 1.27 bits per heavy atom. The van der Waals surface area contributed by atoms with Crippen molar-refractivity contribution in [2.45, 2.75) is 29.7 Å². The summed E-state index contributed by atoms with van der Waals surface area (Å²) >= 11 is 1.10. The molecule has 1 saturated heterocycles. The summed E-state index contributed by atoms with van der Waals surface area (Å²) in [5.41, 5.74) is 1.99. The van der Waals surface area contributed by atoms with Crippen molar-refractivity contribution in [1.29, 1.82) is 0 Å². The van der Waals surface area contributed by atoms with E-state index < -0.39 is 23.2 Å². The molecule has 7 rings (SSSR count). The fourth-order valence-electron chi connectivity index (χ4n) is 6.45. The highest BCUT2D eigenvalue weighted by Crippen LogP contribution is 2.43. The molecule has 11 heteroatoms. The summed E-state index contributed by atoms with van der Waals surface area (Å²) in [6.07, 6.45) is 0.571. The van der Waals surface area contributed by atoms with Gasteiger partial charge in [0.05, 0.1) is 20.8 Å². The molecule has 3 atom stereocenters. The molecule has 0 aliphatic carbocycles. The molecule has 1 aliphatic rings. The van der Waals surface area contributed by atoms with E-state index in [0.717, 1.165) is 28.5 Å². The molecule has 6 aromatic rings. The maximum Gasteiger partial charge on any atom is 0.318 e. The number of hydrogen-bond donors (Lipinski definition) is 1. The van der Waals surface area contributed by atoms with E-state index in [1.165, 1.54) is 6.20 Å². The number of aromatic nitrogens is 2. The number of nitrogens with one attached hydrogen (secondary N) is 1. The minimum Gasteiger partial charge on any atom is -0.497 e. The minimum atomic E-state index is -1.11. The van der Waals surface area contributed by atoms with Crippen LogP contribution in [-0.2, 0) is 15.1 Å². The van der Waals surface area contributed by atoms with Gasteiger partial charge in [0, 0.05) is 23.7 Å². The van der Waals surface area contributed by atoms with Crippen LogP contribution in [0.15, 0.2) is 152 Å². The standard InChI is InChI=1S/C44H39N3O7S/c1-50-35-22-18-33(19-23-35)44(32-16-10-5-11-17-32,34-20-24-36(51-2)25-21-34)52-29-38-37(28-40(53-38)55-42(49)31-14-8-4-9-15-31)54-43-45-27-26-39(47-43)46-41(48)30-12-6-3-7-13-30/h3-27,37-38,40H,28-29H2,1-2H3,(H,45,46,47,48)/t37-,38-,40-/m1/s1. The largest absolute Gasteiger partial charge is 0.497 e. The van der Waals surface area contributed by atoms with Gasteiger partial charge < -0.3 is 29.0 Å². The highest BCUT2D eigenvalue weighted by molar-refractivity contribution is 8.14. The highest BCUT2D eigenvalue weighted by atomic mass is 32.2. The molecule has 0 saturated carbocycles. The van der Waals surface area contributed by atoms with E-state index in [9.17, 15) is 9.59 Å².